The van der Waals surface area contributed by atoms with Crippen LogP contribution < -0.4 is 4.74 Å². The van der Waals surface area contributed by atoms with E-state index in [4.69, 9.17) is 4.74 Å². The molecule has 0 radical (unpaired) electrons. The fourth-order valence-electron chi connectivity index (χ4n) is 1.83. The molecule has 0 aliphatic rings. The summed E-state index contributed by atoms with van der Waals surface area (Å²) < 4.78 is 30.4. The molecule has 1 aromatic rings. The third kappa shape index (κ3) is 4.57. The van der Waals surface area contributed by atoms with Gasteiger partial charge in [0, 0.05) is 4.43 Å². The average molecular weight is 426 g/mol. The summed E-state index contributed by atoms with van der Waals surface area (Å²) in [6.07, 6.45) is 0.361. The van der Waals surface area contributed by atoms with Gasteiger partial charge < -0.3 is 9.84 Å². The molecule has 5 nitrogen and oxygen atoms in total. The molecule has 0 amide bonds. The zero-order valence-corrected chi connectivity index (χ0v) is 15.2. The Labute approximate surface area is 138 Å². The van der Waals surface area contributed by atoms with Crippen LogP contribution in [0, 0.1) is 0 Å². The van der Waals surface area contributed by atoms with Crippen LogP contribution in [-0.2, 0) is 16.3 Å². The third-order valence-electron chi connectivity index (χ3n) is 2.83. The van der Waals surface area contributed by atoms with Gasteiger partial charge in [-0.05, 0) is 38.0 Å². The molecular weight excluding hydrogens is 407 g/mol. The van der Waals surface area contributed by atoms with Crippen LogP contribution in [-0.4, -0.2) is 35.8 Å². The van der Waals surface area contributed by atoms with Gasteiger partial charge in [0.1, 0.15) is 11.3 Å². The molecule has 0 atom stereocenters. The van der Waals surface area contributed by atoms with E-state index in [-0.39, 0.29) is 28.1 Å². The summed E-state index contributed by atoms with van der Waals surface area (Å²) in [5.74, 6) is -0.988. The molecule has 21 heavy (non-hydrogen) atoms. The summed E-state index contributed by atoms with van der Waals surface area (Å²) in [5.41, 5.74) is 0.517. The van der Waals surface area contributed by atoms with E-state index in [0.29, 0.717) is 12.0 Å². The highest BCUT2D eigenvalue weighted by molar-refractivity contribution is 14.1. The number of hydrogen-bond acceptors (Lipinski definition) is 4. The van der Waals surface area contributed by atoms with Gasteiger partial charge in [-0.15, -0.1) is 0 Å². The maximum Gasteiger partial charge on any atom is 0.339 e. The lowest BCUT2D eigenvalue weighted by Gasteiger charge is -2.18. The van der Waals surface area contributed by atoms with Crippen molar-refractivity contribution in [3.05, 3.63) is 23.3 Å². The van der Waals surface area contributed by atoms with Crippen molar-refractivity contribution in [2.45, 2.75) is 38.2 Å². The van der Waals surface area contributed by atoms with E-state index in [1.807, 2.05) is 0 Å². The maximum atomic E-state index is 12.0. The SMILES string of the molecule is CCS(=O)(=O)c1cc(CCI)c(OC(C)C)c(C(=O)O)c1. The highest BCUT2D eigenvalue weighted by Crippen LogP contribution is 2.30. The van der Waals surface area contributed by atoms with Crippen LogP contribution in [0.2, 0.25) is 0 Å². The van der Waals surface area contributed by atoms with Crippen molar-refractivity contribution in [1.82, 2.24) is 0 Å². The van der Waals surface area contributed by atoms with Gasteiger partial charge in [0.25, 0.3) is 0 Å². The fourth-order valence-corrected chi connectivity index (χ4v) is 3.36. The number of aromatic carboxylic acids is 1. The minimum atomic E-state index is -3.46. The van der Waals surface area contributed by atoms with E-state index in [1.54, 1.807) is 13.8 Å². The van der Waals surface area contributed by atoms with Gasteiger partial charge >= 0.3 is 5.97 Å². The molecule has 0 aliphatic carbocycles. The quantitative estimate of drug-likeness (QED) is 0.536. The molecule has 1 rings (SSSR count). The molecule has 1 N–H and O–H groups in total. The first kappa shape index (κ1) is 18.2. The Balaban J connectivity index is 3.59. The lowest BCUT2D eigenvalue weighted by atomic mass is 10.1. The molecule has 7 heteroatoms. The van der Waals surface area contributed by atoms with Crippen molar-refractivity contribution in [3.63, 3.8) is 0 Å². The molecule has 0 bridgehead atoms. The van der Waals surface area contributed by atoms with Gasteiger partial charge in [-0.1, -0.05) is 29.5 Å². The number of benzene rings is 1. The molecule has 0 aliphatic heterocycles. The molecule has 0 fully saturated rings. The molecule has 118 valence electrons. The Morgan fingerprint density at radius 1 is 1.38 bits per heavy atom. The average Bonchev–Trinajstić information content (AvgIpc) is 2.39. The number of sulfone groups is 1. The second-order valence-corrected chi connectivity index (χ2v) is 8.13. The van der Waals surface area contributed by atoms with Gasteiger partial charge in [0.2, 0.25) is 0 Å². The lowest BCUT2D eigenvalue weighted by Crippen LogP contribution is -2.14. The monoisotopic (exact) mass is 426 g/mol. The second-order valence-electron chi connectivity index (χ2n) is 4.77. The number of alkyl halides is 1. The first-order chi connectivity index (χ1) is 9.72. The van der Waals surface area contributed by atoms with Crippen molar-refractivity contribution in [1.29, 1.82) is 0 Å². The number of aryl methyl sites for hydroxylation is 1. The van der Waals surface area contributed by atoms with Gasteiger partial charge in [0.15, 0.2) is 9.84 Å². The number of hydrogen-bond donors (Lipinski definition) is 1. The van der Waals surface area contributed by atoms with Crippen LogP contribution in [0.4, 0.5) is 0 Å². The van der Waals surface area contributed by atoms with Crippen molar-refractivity contribution in [2.75, 3.05) is 10.2 Å². The predicted molar refractivity (Wildman–Crippen MR) is 89.5 cm³/mol. The Hall–Kier alpha value is -0.830. The van der Waals surface area contributed by atoms with E-state index in [0.717, 1.165) is 4.43 Å². The number of carboxylic acid groups (broad SMARTS) is 1. The topological polar surface area (TPSA) is 80.7 Å². The van der Waals surface area contributed by atoms with E-state index in [9.17, 15) is 18.3 Å². The van der Waals surface area contributed by atoms with Crippen molar-refractivity contribution < 1.29 is 23.1 Å². The Bertz CT molecular complexity index is 622. The summed E-state index contributed by atoms with van der Waals surface area (Å²) in [7, 11) is -3.46. The van der Waals surface area contributed by atoms with Gasteiger partial charge in [-0.25, -0.2) is 13.2 Å². The van der Waals surface area contributed by atoms with E-state index < -0.39 is 15.8 Å². The van der Waals surface area contributed by atoms with Gasteiger partial charge in [-0.3, -0.25) is 0 Å². The maximum absolute atomic E-state index is 12.0. The van der Waals surface area contributed by atoms with Crippen LogP contribution >= 0.6 is 22.6 Å². The molecule has 0 unspecified atom stereocenters. The smallest absolute Gasteiger partial charge is 0.339 e. The second kappa shape index (κ2) is 7.44. The first-order valence-electron chi connectivity index (χ1n) is 6.58. The number of rotatable bonds is 7. The number of carbonyl (C=O) groups is 1. The zero-order chi connectivity index (χ0) is 16.2. The lowest BCUT2D eigenvalue weighted by molar-refractivity contribution is 0.0690. The predicted octanol–water partition coefficient (Wildman–Crippen LogP) is 2.94. The van der Waals surface area contributed by atoms with E-state index in [1.165, 1.54) is 19.1 Å². The molecule has 0 saturated carbocycles. The van der Waals surface area contributed by atoms with Crippen LogP contribution in [0.25, 0.3) is 0 Å². The molecule has 0 heterocycles. The Morgan fingerprint density at radius 2 is 2.00 bits per heavy atom. The van der Waals surface area contributed by atoms with E-state index in [2.05, 4.69) is 22.6 Å². The normalized spacial score (nSPS) is 11.7. The van der Waals surface area contributed by atoms with E-state index >= 15 is 0 Å². The Morgan fingerprint density at radius 3 is 2.43 bits per heavy atom. The third-order valence-corrected chi connectivity index (χ3v) is 5.08. The van der Waals surface area contributed by atoms with Gasteiger partial charge in [-0.2, -0.15) is 0 Å². The Kier molecular flexibility index (Phi) is 6.45. The van der Waals surface area contributed by atoms with Crippen molar-refractivity contribution >= 4 is 38.4 Å². The number of halogens is 1. The largest absolute Gasteiger partial charge is 0.490 e. The number of ether oxygens (including phenoxy) is 1. The highest BCUT2D eigenvalue weighted by atomic mass is 127. The van der Waals surface area contributed by atoms with Crippen LogP contribution in [0.5, 0.6) is 5.75 Å². The van der Waals surface area contributed by atoms with Crippen molar-refractivity contribution in [3.8, 4) is 5.75 Å². The van der Waals surface area contributed by atoms with Crippen molar-refractivity contribution in [2.24, 2.45) is 0 Å². The fraction of sp³-hybridized carbons (Fsp3) is 0.500. The molecule has 0 spiro atoms. The van der Waals surface area contributed by atoms with Crippen LogP contribution in [0.3, 0.4) is 0 Å². The van der Waals surface area contributed by atoms with Crippen LogP contribution in [0.15, 0.2) is 17.0 Å². The minimum absolute atomic E-state index is 0.0401. The summed E-state index contributed by atoms with van der Waals surface area (Å²) in [5, 5.41) is 9.36. The summed E-state index contributed by atoms with van der Waals surface area (Å²) in [6.45, 7) is 5.14. The highest BCUT2D eigenvalue weighted by Gasteiger charge is 2.22. The molecular formula is C14H19IO5S. The minimum Gasteiger partial charge on any atom is -0.490 e. The molecule has 0 aromatic heterocycles. The zero-order valence-electron chi connectivity index (χ0n) is 12.2. The molecule has 0 saturated heterocycles. The number of carboxylic acids is 1. The van der Waals surface area contributed by atoms with Crippen LogP contribution in [0.1, 0.15) is 36.7 Å². The van der Waals surface area contributed by atoms with Gasteiger partial charge in [0.05, 0.1) is 16.8 Å². The summed E-state index contributed by atoms with van der Waals surface area (Å²) in [6, 6.07) is 2.72. The molecule has 1 aromatic carbocycles. The standard InChI is InChI=1S/C14H19IO5S/c1-4-21(18,19)11-7-10(5-6-15)13(20-9(2)3)12(8-11)14(16)17/h7-9H,4-6H2,1-3H3,(H,16,17). The first-order valence-corrected chi connectivity index (χ1v) is 9.76. The summed E-state index contributed by atoms with van der Waals surface area (Å²) >= 11 is 2.16. The summed E-state index contributed by atoms with van der Waals surface area (Å²) in [4.78, 5) is 11.5.